The summed E-state index contributed by atoms with van der Waals surface area (Å²) in [5.74, 6) is 10.6. The number of anilines is 1. The van der Waals surface area contributed by atoms with Gasteiger partial charge in [0, 0.05) is 59.5 Å². The molecule has 4 heterocycles. The Balaban J connectivity index is 1.23. The van der Waals surface area contributed by atoms with Gasteiger partial charge in [-0.2, -0.15) is 0 Å². The Bertz CT molecular complexity index is 1880. The molecule has 0 spiro atoms. The summed E-state index contributed by atoms with van der Waals surface area (Å²) in [7, 11) is 0. The van der Waals surface area contributed by atoms with Crippen LogP contribution in [0, 0.1) is 11.8 Å². The summed E-state index contributed by atoms with van der Waals surface area (Å²) in [5, 5.41) is 10.4. The molecule has 2 aromatic carbocycles. The molecule has 2 aliphatic heterocycles. The Kier molecular flexibility index (Phi) is 9.12. The number of benzene rings is 2. The van der Waals surface area contributed by atoms with Crippen molar-refractivity contribution in [3.05, 3.63) is 88.1 Å². The molecule has 0 unspecified atom stereocenters. The predicted molar refractivity (Wildman–Crippen MR) is 173 cm³/mol. The minimum Gasteiger partial charge on any atom is -0.480 e. The zero-order valence-electron chi connectivity index (χ0n) is 24.8. The number of fused-ring (bicyclic) bond motifs is 1. The average molecular weight is 639 g/mol. The van der Waals surface area contributed by atoms with E-state index in [-0.39, 0.29) is 5.91 Å². The van der Waals surface area contributed by atoms with Crippen molar-refractivity contribution in [1.29, 1.82) is 0 Å². The fourth-order valence-corrected chi connectivity index (χ4v) is 5.93. The Labute approximate surface area is 270 Å². The maximum Gasteiger partial charge on any atom is 0.326 e. The largest absolute Gasteiger partial charge is 0.480 e. The van der Waals surface area contributed by atoms with Gasteiger partial charge in [-0.25, -0.2) is 20.6 Å². The van der Waals surface area contributed by atoms with Gasteiger partial charge in [0.2, 0.25) is 0 Å². The average Bonchev–Trinajstić information content (AvgIpc) is 3.10. The van der Waals surface area contributed by atoms with Gasteiger partial charge in [0.25, 0.3) is 11.8 Å². The van der Waals surface area contributed by atoms with E-state index in [0.717, 1.165) is 42.9 Å². The Morgan fingerprint density at radius 3 is 2.50 bits per heavy atom. The number of carboxylic acids is 1. The Morgan fingerprint density at radius 1 is 1.00 bits per heavy atom. The number of carbonyl (C=O) groups is 3. The lowest BCUT2D eigenvalue weighted by molar-refractivity contribution is -0.143. The SMILES string of the molecule is NNC(=O)c1cc(-c2ccc(C#Cc3ccc(C(=O)N4CCCC[C@H]4C(=O)O)cc3Cl)cc2)nc2cc(N3CCOCC3)ncc12. The number of hydrogen-bond donors (Lipinski definition) is 3. The number of morpholine rings is 1. The van der Waals surface area contributed by atoms with Crippen LogP contribution in [0.5, 0.6) is 0 Å². The summed E-state index contributed by atoms with van der Waals surface area (Å²) >= 11 is 6.49. The topological polar surface area (TPSA) is 151 Å². The molecular formula is C34H31ClN6O5. The van der Waals surface area contributed by atoms with Crippen molar-refractivity contribution >= 4 is 46.1 Å². The molecule has 6 rings (SSSR count). The number of carboxylic acid groups (broad SMARTS) is 1. The molecule has 1 atom stereocenters. The second-order valence-corrected chi connectivity index (χ2v) is 11.5. The summed E-state index contributed by atoms with van der Waals surface area (Å²) in [5.41, 5.74) is 6.14. The number of amides is 2. The van der Waals surface area contributed by atoms with E-state index in [4.69, 9.17) is 27.2 Å². The van der Waals surface area contributed by atoms with E-state index >= 15 is 0 Å². The number of likely N-dealkylation sites (tertiary alicyclic amines) is 1. The van der Waals surface area contributed by atoms with Crippen LogP contribution in [0.15, 0.2) is 60.8 Å². The summed E-state index contributed by atoms with van der Waals surface area (Å²) in [4.78, 5) is 50.3. The minimum absolute atomic E-state index is 0.302. The van der Waals surface area contributed by atoms with E-state index in [1.54, 1.807) is 24.4 Å². The van der Waals surface area contributed by atoms with Gasteiger partial charge in [0.05, 0.1) is 35.0 Å². The predicted octanol–water partition coefficient (Wildman–Crippen LogP) is 3.87. The first-order valence-corrected chi connectivity index (χ1v) is 15.3. The first-order valence-electron chi connectivity index (χ1n) is 14.9. The standard InChI is InChI=1S/C34H31ClN6O5/c35-27-17-24(33(43)41-12-2-1-3-30(41)34(44)45)11-10-22(27)7-4-21-5-8-23(9-6-21)28-18-25(32(42)39-36)26-20-37-31(19-29(26)38-28)40-13-15-46-16-14-40/h5-6,8-11,17-20,30H,1-3,12-16,36H2,(H,39,42)(H,44,45)/t30-/m0/s1. The maximum atomic E-state index is 13.1. The number of pyridine rings is 2. The second kappa shape index (κ2) is 13.5. The van der Waals surface area contributed by atoms with Crippen LogP contribution in [-0.2, 0) is 9.53 Å². The number of nitrogens with zero attached hydrogens (tertiary/aromatic N) is 4. The quantitative estimate of drug-likeness (QED) is 0.128. The van der Waals surface area contributed by atoms with Crippen molar-refractivity contribution < 1.29 is 24.2 Å². The molecule has 4 N–H and O–H groups in total. The van der Waals surface area contributed by atoms with Crippen molar-refractivity contribution in [2.75, 3.05) is 37.7 Å². The number of carbonyl (C=O) groups excluding carboxylic acids is 2. The number of rotatable bonds is 5. The van der Waals surface area contributed by atoms with Gasteiger partial charge in [-0.15, -0.1) is 0 Å². The maximum absolute atomic E-state index is 13.1. The number of nitrogens with two attached hydrogens (primary N) is 1. The lowest BCUT2D eigenvalue weighted by atomic mass is 10.0. The molecule has 12 heteroatoms. The molecule has 2 amide bonds. The van der Waals surface area contributed by atoms with E-state index in [1.165, 1.54) is 11.0 Å². The summed E-state index contributed by atoms with van der Waals surface area (Å²) in [6.45, 7) is 3.07. The second-order valence-electron chi connectivity index (χ2n) is 11.1. The summed E-state index contributed by atoms with van der Waals surface area (Å²) in [6.07, 6.45) is 3.62. The van der Waals surface area contributed by atoms with E-state index in [1.807, 2.05) is 30.3 Å². The molecule has 2 fully saturated rings. The van der Waals surface area contributed by atoms with Crippen molar-refractivity contribution in [1.82, 2.24) is 20.3 Å². The van der Waals surface area contributed by atoms with E-state index < -0.39 is 17.9 Å². The molecule has 2 aliphatic rings. The van der Waals surface area contributed by atoms with Gasteiger partial charge < -0.3 is 19.6 Å². The highest BCUT2D eigenvalue weighted by atomic mass is 35.5. The number of ether oxygens (including phenoxy) is 1. The lowest BCUT2D eigenvalue weighted by Gasteiger charge is -2.33. The van der Waals surface area contributed by atoms with Crippen molar-refractivity contribution in [2.45, 2.75) is 25.3 Å². The Morgan fingerprint density at radius 2 is 1.78 bits per heavy atom. The van der Waals surface area contributed by atoms with Crippen LogP contribution in [0.3, 0.4) is 0 Å². The number of hydrogen-bond acceptors (Lipinski definition) is 8. The van der Waals surface area contributed by atoms with Crippen molar-refractivity contribution in [2.24, 2.45) is 5.84 Å². The number of aromatic nitrogens is 2. The van der Waals surface area contributed by atoms with Crippen LogP contribution < -0.4 is 16.2 Å². The fourth-order valence-electron chi connectivity index (χ4n) is 5.70. The summed E-state index contributed by atoms with van der Waals surface area (Å²) < 4.78 is 5.45. The van der Waals surface area contributed by atoms with Gasteiger partial charge in [-0.05, 0) is 55.7 Å². The smallest absolute Gasteiger partial charge is 0.326 e. The lowest BCUT2D eigenvalue weighted by Crippen LogP contribution is -2.47. The molecule has 0 radical (unpaired) electrons. The number of hydrazine groups is 1. The van der Waals surface area contributed by atoms with Gasteiger partial charge >= 0.3 is 5.97 Å². The molecular weight excluding hydrogens is 608 g/mol. The Hall–Kier alpha value is -5.02. The molecule has 0 saturated carbocycles. The van der Waals surface area contributed by atoms with E-state index in [2.05, 4.69) is 27.2 Å². The highest BCUT2D eigenvalue weighted by Gasteiger charge is 2.32. The molecule has 2 aromatic heterocycles. The van der Waals surface area contributed by atoms with Crippen LogP contribution in [0.2, 0.25) is 5.02 Å². The highest BCUT2D eigenvalue weighted by Crippen LogP contribution is 2.28. The molecule has 0 bridgehead atoms. The van der Waals surface area contributed by atoms with Gasteiger partial charge in [-0.3, -0.25) is 15.0 Å². The summed E-state index contributed by atoms with van der Waals surface area (Å²) in [6, 6.07) is 15.0. The van der Waals surface area contributed by atoms with Crippen LogP contribution in [0.25, 0.3) is 22.2 Å². The minimum atomic E-state index is -0.999. The molecule has 11 nitrogen and oxygen atoms in total. The number of aliphatic carboxylic acids is 1. The van der Waals surface area contributed by atoms with E-state index in [9.17, 15) is 19.5 Å². The first kappa shape index (κ1) is 31.0. The third kappa shape index (κ3) is 6.50. The first-order chi connectivity index (χ1) is 22.3. The zero-order chi connectivity index (χ0) is 32.2. The van der Waals surface area contributed by atoms with Crippen molar-refractivity contribution in [3.63, 3.8) is 0 Å². The monoisotopic (exact) mass is 638 g/mol. The molecule has 0 aliphatic carbocycles. The third-order valence-electron chi connectivity index (χ3n) is 8.18. The normalized spacial score (nSPS) is 16.4. The van der Waals surface area contributed by atoms with Crippen LogP contribution >= 0.6 is 11.6 Å². The van der Waals surface area contributed by atoms with Gasteiger partial charge in [0.15, 0.2) is 0 Å². The molecule has 46 heavy (non-hydrogen) atoms. The van der Waals surface area contributed by atoms with E-state index in [0.29, 0.717) is 64.5 Å². The van der Waals surface area contributed by atoms with Crippen LogP contribution in [0.4, 0.5) is 5.82 Å². The van der Waals surface area contributed by atoms with Crippen LogP contribution in [-0.4, -0.2) is 76.6 Å². The highest BCUT2D eigenvalue weighted by molar-refractivity contribution is 6.32. The molecule has 234 valence electrons. The van der Waals surface area contributed by atoms with Crippen LogP contribution in [0.1, 0.15) is 51.1 Å². The fraction of sp³-hybridized carbons (Fsp3) is 0.265. The molecule has 4 aromatic rings. The number of nitrogen functional groups attached to an aromatic ring is 1. The third-order valence-corrected chi connectivity index (χ3v) is 8.49. The van der Waals surface area contributed by atoms with Gasteiger partial charge in [-0.1, -0.05) is 35.6 Å². The molecule has 2 saturated heterocycles. The number of piperidine rings is 1. The number of halogens is 1. The van der Waals surface area contributed by atoms with Crippen molar-refractivity contribution in [3.8, 4) is 23.1 Å². The van der Waals surface area contributed by atoms with Gasteiger partial charge in [0.1, 0.15) is 11.9 Å². The zero-order valence-corrected chi connectivity index (χ0v) is 25.6. The number of nitrogens with one attached hydrogen (secondary N) is 1.